The summed E-state index contributed by atoms with van der Waals surface area (Å²) in [4.78, 5) is 11.7. The molecule has 0 aromatic carbocycles. The van der Waals surface area contributed by atoms with Gasteiger partial charge in [-0.25, -0.2) is 4.79 Å². The van der Waals surface area contributed by atoms with E-state index in [4.69, 9.17) is 5.11 Å². The quantitative estimate of drug-likeness (QED) is 0.802. The van der Waals surface area contributed by atoms with Crippen molar-refractivity contribution in [1.29, 1.82) is 0 Å². The summed E-state index contributed by atoms with van der Waals surface area (Å²) in [7, 11) is 0. The van der Waals surface area contributed by atoms with E-state index in [0.29, 0.717) is 0 Å². The molecule has 14 heavy (non-hydrogen) atoms. The minimum absolute atomic E-state index is 0.184. The van der Waals surface area contributed by atoms with Crippen molar-refractivity contribution in [3.63, 3.8) is 0 Å². The number of aryl methyl sites for hydroxylation is 1. The number of hydrogen-bond donors (Lipinski definition) is 2. The standard InChI is InChI=1S/C10H14O3S/c1-3-7-4-5-14-8(7)6-10(2,13)9(11)12/h4-5,13H,3,6H2,1-2H3,(H,11,12). The first kappa shape index (κ1) is 11.2. The van der Waals surface area contributed by atoms with Gasteiger partial charge in [-0.05, 0) is 30.4 Å². The Morgan fingerprint density at radius 1 is 1.64 bits per heavy atom. The second-order valence-corrected chi connectivity index (χ2v) is 4.48. The molecule has 0 aliphatic heterocycles. The summed E-state index contributed by atoms with van der Waals surface area (Å²) in [5.74, 6) is -1.17. The van der Waals surface area contributed by atoms with Gasteiger partial charge in [-0.2, -0.15) is 0 Å². The summed E-state index contributed by atoms with van der Waals surface area (Å²) in [6.45, 7) is 3.34. The first-order valence-corrected chi connectivity index (χ1v) is 5.36. The van der Waals surface area contributed by atoms with Gasteiger partial charge in [-0.3, -0.25) is 0 Å². The molecule has 1 aromatic heterocycles. The second-order valence-electron chi connectivity index (χ2n) is 3.48. The third-order valence-electron chi connectivity index (χ3n) is 2.18. The van der Waals surface area contributed by atoms with Gasteiger partial charge in [0.2, 0.25) is 0 Å². The Labute approximate surface area is 87.0 Å². The minimum Gasteiger partial charge on any atom is -0.479 e. The molecule has 0 saturated carbocycles. The van der Waals surface area contributed by atoms with Crippen molar-refractivity contribution in [1.82, 2.24) is 0 Å². The van der Waals surface area contributed by atoms with E-state index in [9.17, 15) is 9.90 Å². The SMILES string of the molecule is CCc1ccsc1CC(C)(O)C(=O)O. The number of thiophene rings is 1. The molecule has 3 nitrogen and oxygen atoms in total. The lowest BCUT2D eigenvalue weighted by Crippen LogP contribution is -2.37. The molecule has 1 atom stereocenters. The molecule has 4 heteroatoms. The molecule has 1 rings (SSSR count). The van der Waals surface area contributed by atoms with Gasteiger partial charge < -0.3 is 10.2 Å². The minimum atomic E-state index is -1.66. The van der Waals surface area contributed by atoms with Gasteiger partial charge in [0, 0.05) is 11.3 Å². The van der Waals surface area contributed by atoms with E-state index >= 15 is 0 Å². The Hall–Kier alpha value is -0.870. The fourth-order valence-electron chi connectivity index (χ4n) is 1.23. The molecule has 0 aliphatic carbocycles. The molecule has 0 spiro atoms. The van der Waals surface area contributed by atoms with Crippen molar-refractivity contribution in [2.75, 3.05) is 0 Å². The number of carboxylic acids is 1. The number of aliphatic hydroxyl groups is 1. The van der Waals surface area contributed by atoms with Crippen molar-refractivity contribution in [3.05, 3.63) is 21.9 Å². The van der Waals surface area contributed by atoms with Crippen molar-refractivity contribution in [3.8, 4) is 0 Å². The van der Waals surface area contributed by atoms with Crippen LogP contribution in [0.3, 0.4) is 0 Å². The van der Waals surface area contributed by atoms with Crippen molar-refractivity contribution >= 4 is 17.3 Å². The Bertz CT molecular complexity index is 328. The summed E-state index contributed by atoms with van der Waals surface area (Å²) >= 11 is 1.50. The monoisotopic (exact) mass is 214 g/mol. The number of rotatable bonds is 4. The summed E-state index contributed by atoms with van der Waals surface area (Å²) in [6.07, 6.45) is 1.05. The van der Waals surface area contributed by atoms with Crippen LogP contribution in [-0.4, -0.2) is 21.8 Å². The molecule has 0 bridgehead atoms. The first-order chi connectivity index (χ1) is 6.47. The van der Waals surface area contributed by atoms with E-state index in [1.54, 1.807) is 0 Å². The van der Waals surface area contributed by atoms with Crippen LogP contribution in [0.5, 0.6) is 0 Å². The van der Waals surface area contributed by atoms with E-state index < -0.39 is 11.6 Å². The van der Waals surface area contributed by atoms with Gasteiger partial charge in [0.25, 0.3) is 0 Å². The van der Waals surface area contributed by atoms with Crippen LogP contribution in [0.15, 0.2) is 11.4 Å². The van der Waals surface area contributed by atoms with Gasteiger partial charge in [0.15, 0.2) is 5.60 Å². The molecule has 0 saturated heterocycles. The summed E-state index contributed by atoms with van der Waals surface area (Å²) in [6, 6.07) is 1.97. The zero-order chi connectivity index (χ0) is 10.8. The number of aliphatic carboxylic acids is 1. The maximum absolute atomic E-state index is 10.7. The zero-order valence-electron chi connectivity index (χ0n) is 8.28. The molecule has 0 radical (unpaired) electrons. The van der Waals surface area contributed by atoms with Crippen molar-refractivity contribution < 1.29 is 15.0 Å². The normalized spacial score (nSPS) is 15.1. The lowest BCUT2D eigenvalue weighted by atomic mass is 9.99. The highest BCUT2D eigenvalue weighted by Gasteiger charge is 2.31. The van der Waals surface area contributed by atoms with Crippen molar-refractivity contribution in [2.45, 2.75) is 32.3 Å². The van der Waals surface area contributed by atoms with Crippen LogP contribution < -0.4 is 0 Å². The second kappa shape index (κ2) is 4.11. The highest BCUT2D eigenvalue weighted by molar-refractivity contribution is 7.10. The largest absolute Gasteiger partial charge is 0.479 e. The predicted octanol–water partition coefficient (Wildman–Crippen LogP) is 1.69. The molecule has 0 aliphatic rings. The average Bonchev–Trinajstić information content (AvgIpc) is 2.50. The van der Waals surface area contributed by atoms with E-state index in [1.807, 2.05) is 18.4 Å². The number of carboxylic acid groups (broad SMARTS) is 1. The van der Waals surface area contributed by atoms with Crippen LogP contribution in [0.25, 0.3) is 0 Å². The first-order valence-electron chi connectivity index (χ1n) is 4.48. The Balaban J connectivity index is 2.83. The van der Waals surface area contributed by atoms with Crippen molar-refractivity contribution in [2.24, 2.45) is 0 Å². The molecule has 1 unspecified atom stereocenters. The fourth-order valence-corrected chi connectivity index (χ4v) is 2.35. The lowest BCUT2D eigenvalue weighted by molar-refractivity contribution is -0.156. The van der Waals surface area contributed by atoms with E-state index in [-0.39, 0.29) is 6.42 Å². The van der Waals surface area contributed by atoms with Gasteiger partial charge in [0.1, 0.15) is 0 Å². The van der Waals surface area contributed by atoms with Crippen LogP contribution in [0.1, 0.15) is 24.3 Å². The molecule has 78 valence electrons. The Kier molecular flexibility index (Phi) is 3.29. The molecular formula is C10H14O3S. The fraction of sp³-hybridized carbons (Fsp3) is 0.500. The van der Waals surface area contributed by atoms with E-state index in [1.165, 1.54) is 18.3 Å². The van der Waals surface area contributed by atoms with Gasteiger partial charge in [-0.15, -0.1) is 11.3 Å². The molecule has 1 heterocycles. The summed E-state index contributed by atoms with van der Waals surface area (Å²) < 4.78 is 0. The van der Waals surface area contributed by atoms with Gasteiger partial charge in [0.05, 0.1) is 0 Å². The molecular weight excluding hydrogens is 200 g/mol. The summed E-state index contributed by atoms with van der Waals surface area (Å²) in [5.41, 5.74) is -0.536. The Morgan fingerprint density at radius 3 is 2.79 bits per heavy atom. The summed E-state index contributed by atoms with van der Waals surface area (Å²) in [5, 5.41) is 20.3. The van der Waals surface area contributed by atoms with Gasteiger partial charge >= 0.3 is 5.97 Å². The zero-order valence-corrected chi connectivity index (χ0v) is 9.10. The highest BCUT2D eigenvalue weighted by Crippen LogP contribution is 2.23. The maximum atomic E-state index is 10.7. The number of carbonyl (C=O) groups is 1. The van der Waals surface area contributed by atoms with E-state index in [0.717, 1.165) is 16.9 Å². The average molecular weight is 214 g/mol. The topological polar surface area (TPSA) is 57.5 Å². The highest BCUT2D eigenvalue weighted by atomic mass is 32.1. The number of hydrogen-bond acceptors (Lipinski definition) is 3. The molecule has 0 fully saturated rings. The molecule has 0 amide bonds. The van der Waals surface area contributed by atoms with E-state index in [2.05, 4.69) is 0 Å². The third kappa shape index (κ3) is 2.33. The Morgan fingerprint density at radius 2 is 2.29 bits per heavy atom. The maximum Gasteiger partial charge on any atom is 0.335 e. The third-order valence-corrected chi connectivity index (χ3v) is 3.15. The molecule has 1 aromatic rings. The predicted molar refractivity (Wildman–Crippen MR) is 55.7 cm³/mol. The smallest absolute Gasteiger partial charge is 0.335 e. The van der Waals surface area contributed by atoms with Crippen LogP contribution in [0.2, 0.25) is 0 Å². The molecule has 2 N–H and O–H groups in total. The lowest BCUT2D eigenvalue weighted by Gasteiger charge is -2.17. The van der Waals surface area contributed by atoms with Crippen LogP contribution in [0.4, 0.5) is 0 Å². The van der Waals surface area contributed by atoms with Crippen LogP contribution in [0, 0.1) is 0 Å². The van der Waals surface area contributed by atoms with Crippen LogP contribution >= 0.6 is 11.3 Å². The van der Waals surface area contributed by atoms with Gasteiger partial charge in [-0.1, -0.05) is 6.92 Å². The van der Waals surface area contributed by atoms with Crippen LogP contribution in [-0.2, 0) is 17.6 Å².